The molecule has 0 saturated heterocycles. The smallest absolute Gasteiger partial charge is 0.268 e. The third kappa shape index (κ3) is 1.57. The molecule has 4 heteroatoms. The van der Waals surface area contributed by atoms with Gasteiger partial charge in [-0.3, -0.25) is 4.79 Å². The third-order valence-electron chi connectivity index (χ3n) is 1.38. The van der Waals surface area contributed by atoms with E-state index in [1.165, 1.54) is 11.3 Å². The Morgan fingerprint density at radius 3 is 2.64 bits per heavy atom. The van der Waals surface area contributed by atoms with Gasteiger partial charge in [-0.1, -0.05) is 6.92 Å². The summed E-state index contributed by atoms with van der Waals surface area (Å²) in [5, 5.41) is 0.969. The molecule has 1 aromatic heterocycles. The lowest BCUT2D eigenvalue weighted by atomic mass is 10.4. The molecule has 1 heterocycles. The molecule has 0 aliphatic heterocycles. The molecular weight excluding hydrogens is 160 g/mol. The van der Waals surface area contributed by atoms with Crippen molar-refractivity contribution in [3.8, 4) is 0 Å². The van der Waals surface area contributed by atoms with Gasteiger partial charge in [-0.05, 0) is 13.3 Å². The first-order chi connectivity index (χ1) is 5.15. The van der Waals surface area contributed by atoms with Crippen LogP contribution in [0.25, 0.3) is 0 Å². The Balaban J connectivity index is 3.07. The minimum Gasteiger partial charge on any atom is -0.364 e. The van der Waals surface area contributed by atoms with E-state index in [2.05, 4.69) is 4.98 Å². The number of hydrogen-bond acceptors (Lipinski definition) is 3. The van der Waals surface area contributed by atoms with Crippen LogP contribution < -0.4 is 5.73 Å². The highest BCUT2D eigenvalue weighted by molar-refractivity contribution is 7.11. The Labute approximate surface area is 69.3 Å². The summed E-state index contributed by atoms with van der Waals surface area (Å²) in [5.41, 5.74) is 5.51. The van der Waals surface area contributed by atoms with Crippen LogP contribution in [0.2, 0.25) is 0 Å². The SMILES string of the molecule is CCc1nc(C(N)=O)c(C)s1. The van der Waals surface area contributed by atoms with Crippen LogP contribution in [-0.2, 0) is 6.42 Å². The van der Waals surface area contributed by atoms with E-state index in [0.717, 1.165) is 16.3 Å². The molecule has 1 rings (SSSR count). The molecule has 0 aliphatic carbocycles. The molecule has 1 aromatic rings. The maximum Gasteiger partial charge on any atom is 0.268 e. The normalized spacial score (nSPS) is 10.0. The maximum atomic E-state index is 10.7. The summed E-state index contributed by atoms with van der Waals surface area (Å²) in [7, 11) is 0. The zero-order chi connectivity index (χ0) is 8.43. The summed E-state index contributed by atoms with van der Waals surface area (Å²) in [6, 6.07) is 0. The van der Waals surface area contributed by atoms with E-state index in [1.54, 1.807) is 0 Å². The van der Waals surface area contributed by atoms with Gasteiger partial charge in [0.15, 0.2) is 0 Å². The predicted octanol–water partition coefficient (Wildman–Crippen LogP) is 1.11. The van der Waals surface area contributed by atoms with Gasteiger partial charge in [-0.25, -0.2) is 4.98 Å². The van der Waals surface area contributed by atoms with Crippen LogP contribution in [0.5, 0.6) is 0 Å². The van der Waals surface area contributed by atoms with Crippen molar-refractivity contribution in [1.29, 1.82) is 0 Å². The summed E-state index contributed by atoms with van der Waals surface area (Å²) in [5.74, 6) is -0.432. The van der Waals surface area contributed by atoms with Gasteiger partial charge in [0.05, 0.1) is 5.01 Å². The van der Waals surface area contributed by atoms with Crippen molar-refractivity contribution in [3.63, 3.8) is 0 Å². The van der Waals surface area contributed by atoms with Gasteiger partial charge in [0.2, 0.25) is 0 Å². The number of carbonyl (C=O) groups excluding carboxylic acids is 1. The number of amides is 1. The second-order valence-corrected chi connectivity index (χ2v) is 3.52. The minimum atomic E-state index is -0.432. The van der Waals surface area contributed by atoms with Crippen LogP contribution in [0.4, 0.5) is 0 Å². The quantitative estimate of drug-likeness (QED) is 0.723. The number of carbonyl (C=O) groups is 1. The highest BCUT2D eigenvalue weighted by Crippen LogP contribution is 2.16. The summed E-state index contributed by atoms with van der Waals surface area (Å²) in [6.07, 6.45) is 0.860. The number of nitrogens with two attached hydrogens (primary N) is 1. The van der Waals surface area contributed by atoms with Gasteiger partial charge in [0.1, 0.15) is 5.69 Å². The van der Waals surface area contributed by atoms with Crippen LogP contribution in [0, 0.1) is 6.92 Å². The van der Waals surface area contributed by atoms with Crippen LogP contribution in [0.1, 0.15) is 27.3 Å². The summed E-state index contributed by atoms with van der Waals surface area (Å²) in [6.45, 7) is 3.86. The minimum absolute atomic E-state index is 0.423. The van der Waals surface area contributed by atoms with Crippen molar-refractivity contribution in [2.24, 2.45) is 5.73 Å². The molecule has 0 aromatic carbocycles. The summed E-state index contributed by atoms with van der Waals surface area (Å²) in [4.78, 5) is 15.7. The average Bonchev–Trinajstić information content (AvgIpc) is 2.30. The molecule has 0 aliphatic rings. The number of thiazole rings is 1. The fourth-order valence-electron chi connectivity index (χ4n) is 0.831. The number of nitrogens with zero attached hydrogens (tertiary/aromatic N) is 1. The maximum absolute atomic E-state index is 10.7. The Kier molecular flexibility index (Phi) is 2.24. The van der Waals surface area contributed by atoms with E-state index in [-0.39, 0.29) is 0 Å². The molecular formula is C7H10N2OS. The van der Waals surface area contributed by atoms with Gasteiger partial charge < -0.3 is 5.73 Å². The number of primary amides is 1. The molecule has 0 atom stereocenters. The van der Waals surface area contributed by atoms with Crippen LogP contribution in [-0.4, -0.2) is 10.9 Å². The monoisotopic (exact) mass is 170 g/mol. The topological polar surface area (TPSA) is 56.0 Å². The molecule has 0 spiro atoms. The molecule has 2 N–H and O–H groups in total. The van der Waals surface area contributed by atoms with Crippen molar-refractivity contribution in [2.45, 2.75) is 20.3 Å². The van der Waals surface area contributed by atoms with E-state index < -0.39 is 5.91 Å². The Hall–Kier alpha value is -0.900. The molecule has 1 amide bonds. The zero-order valence-corrected chi connectivity index (χ0v) is 7.36. The first-order valence-electron chi connectivity index (χ1n) is 3.41. The number of hydrogen-bond donors (Lipinski definition) is 1. The average molecular weight is 170 g/mol. The van der Waals surface area contributed by atoms with Crippen molar-refractivity contribution in [2.75, 3.05) is 0 Å². The summed E-state index contributed by atoms with van der Waals surface area (Å²) < 4.78 is 0. The molecule has 0 saturated carbocycles. The highest BCUT2D eigenvalue weighted by atomic mass is 32.1. The van der Waals surface area contributed by atoms with Crippen molar-refractivity contribution in [1.82, 2.24) is 4.98 Å². The van der Waals surface area contributed by atoms with E-state index in [0.29, 0.717) is 5.69 Å². The molecule has 0 fully saturated rings. The van der Waals surface area contributed by atoms with Gasteiger partial charge in [-0.15, -0.1) is 11.3 Å². The van der Waals surface area contributed by atoms with Crippen LogP contribution >= 0.6 is 11.3 Å². The van der Waals surface area contributed by atoms with Crippen molar-refractivity contribution in [3.05, 3.63) is 15.6 Å². The predicted molar refractivity (Wildman–Crippen MR) is 44.7 cm³/mol. The van der Waals surface area contributed by atoms with Crippen molar-refractivity contribution >= 4 is 17.2 Å². The van der Waals surface area contributed by atoms with Crippen LogP contribution in [0.3, 0.4) is 0 Å². The lowest BCUT2D eigenvalue weighted by Crippen LogP contribution is -2.12. The fourth-order valence-corrected chi connectivity index (χ4v) is 1.71. The zero-order valence-electron chi connectivity index (χ0n) is 6.55. The number of aromatic nitrogens is 1. The molecule has 0 radical (unpaired) electrons. The standard InChI is InChI=1S/C7H10N2OS/c1-3-5-9-6(7(8)10)4(2)11-5/h3H2,1-2H3,(H2,8,10). The Morgan fingerprint density at radius 1 is 1.73 bits per heavy atom. The first-order valence-corrected chi connectivity index (χ1v) is 4.23. The van der Waals surface area contributed by atoms with Gasteiger partial charge in [0.25, 0.3) is 5.91 Å². The number of aryl methyl sites for hydroxylation is 2. The number of rotatable bonds is 2. The molecule has 60 valence electrons. The van der Waals surface area contributed by atoms with E-state index in [9.17, 15) is 4.79 Å². The third-order valence-corrected chi connectivity index (χ3v) is 2.49. The van der Waals surface area contributed by atoms with Crippen molar-refractivity contribution < 1.29 is 4.79 Å². The highest BCUT2D eigenvalue weighted by Gasteiger charge is 2.10. The largest absolute Gasteiger partial charge is 0.364 e. The molecule has 0 unspecified atom stereocenters. The Bertz CT molecular complexity index is 280. The second kappa shape index (κ2) is 3.00. The van der Waals surface area contributed by atoms with E-state index in [1.807, 2.05) is 13.8 Å². The van der Waals surface area contributed by atoms with Gasteiger partial charge in [-0.2, -0.15) is 0 Å². The lowest BCUT2D eigenvalue weighted by Gasteiger charge is -1.86. The summed E-state index contributed by atoms with van der Waals surface area (Å²) >= 11 is 1.53. The Morgan fingerprint density at radius 2 is 2.36 bits per heavy atom. The van der Waals surface area contributed by atoms with E-state index >= 15 is 0 Å². The second-order valence-electron chi connectivity index (χ2n) is 2.23. The van der Waals surface area contributed by atoms with Crippen LogP contribution in [0.15, 0.2) is 0 Å². The van der Waals surface area contributed by atoms with Gasteiger partial charge in [0, 0.05) is 4.88 Å². The molecule has 11 heavy (non-hydrogen) atoms. The lowest BCUT2D eigenvalue weighted by molar-refractivity contribution is 0.0995. The molecule has 3 nitrogen and oxygen atoms in total. The first kappa shape index (κ1) is 8.20. The fraction of sp³-hybridized carbons (Fsp3) is 0.429. The molecule has 0 bridgehead atoms. The van der Waals surface area contributed by atoms with Gasteiger partial charge >= 0.3 is 0 Å². The van der Waals surface area contributed by atoms with E-state index in [4.69, 9.17) is 5.73 Å².